The van der Waals surface area contributed by atoms with E-state index in [-0.39, 0.29) is 5.91 Å². The third-order valence-corrected chi connectivity index (χ3v) is 4.15. The van der Waals surface area contributed by atoms with Crippen LogP contribution in [0, 0.1) is 0 Å². The molecule has 1 aliphatic rings. The molecule has 2 rings (SSSR count). The number of aromatic nitrogens is 2. The van der Waals surface area contributed by atoms with Crippen molar-refractivity contribution in [1.82, 2.24) is 14.9 Å². The summed E-state index contributed by atoms with van der Waals surface area (Å²) in [5.74, 6) is 0.632. The maximum atomic E-state index is 12.4. The van der Waals surface area contributed by atoms with Crippen LogP contribution in [0.2, 0.25) is 0 Å². The van der Waals surface area contributed by atoms with Crippen molar-refractivity contribution in [1.29, 1.82) is 0 Å². The summed E-state index contributed by atoms with van der Waals surface area (Å²) in [4.78, 5) is 22.7. The Kier molecular flexibility index (Phi) is 4.63. The van der Waals surface area contributed by atoms with Crippen LogP contribution in [-0.4, -0.2) is 50.9 Å². The Balaban J connectivity index is 2.12. The first-order valence-electron chi connectivity index (χ1n) is 6.60. The van der Waals surface area contributed by atoms with E-state index in [1.807, 2.05) is 23.6 Å². The number of hydrogen-bond acceptors (Lipinski definition) is 5. The Morgan fingerprint density at radius 2 is 2.11 bits per heavy atom. The summed E-state index contributed by atoms with van der Waals surface area (Å²) in [6, 6.07) is 0. The predicted octanol–water partition coefficient (Wildman–Crippen LogP) is 1.87. The van der Waals surface area contributed by atoms with E-state index >= 15 is 0 Å². The van der Waals surface area contributed by atoms with Gasteiger partial charge in [-0.1, -0.05) is 13.8 Å². The van der Waals surface area contributed by atoms with E-state index in [0.717, 1.165) is 19.6 Å². The van der Waals surface area contributed by atoms with Crippen LogP contribution in [0.4, 0.5) is 5.82 Å². The fourth-order valence-electron chi connectivity index (χ4n) is 2.24. The number of carbonyl (C=O) groups excluding carboxylic acids is 1. The van der Waals surface area contributed by atoms with E-state index in [2.05, 4.69) is 29.1 Å². The number of carbonyl (C=O) groups is 1. The van der Waals surface area contributed by atoms with Gasteiger partial charge in [-0.2, -0.15) is 11.8 Å². The van der Waals surface area contributed by atoms with Gasteiger partial charge in [-0.3, -0.25) is 9.78 Å². The Hall–Kier alpha value is -1.30. The van der Waals surface area contributed by atoms with Crippen LogP contribution in [0.25, 0.3) is 0 Å². The average Bonchev–Trinajstić information content (AvgIpc) is 2.37. The molecule has 1 fully saturated rings. The minimum absolute atomic E-state index is 0.0220. The SMILES string of the molecule is CCNc1cncc(C(=O)N2CC(C)SC(C)C2)n1. The largest absolute Gasteiger partial charge is 0.369 e. The zero-order valence-corrected chi connectivity index (χ0v) is 12.4. The Labute approximate surface area is 118 Å². The van der Waals surface area contributed by atoms with Crippen molar-refractivity contribution in [3.05, 3.63) is 18.1 Å². The number of nitrogens with zero attached hydrogens (tertiary/aromatic N) is 3. The highest BCUT2D eigenvalue weighted by Gasteiger charge is 2.27. The summed E-state index contributed by atoms with van der Waals surface area (Å²) in [7, 11) is 0. The second-order valence-corrected chi connectivity index (χ2v) is 6.67. The van der Waals surface area contributed by atoms with Gasteiger partial charge in [0.25, 0.3) is 5.91 Å². The van der Waals surface area contributed by atoms with Crippen LogP contribution in [0.3, 0.4) is 0 Å². The summed E-state index contributed by atoms with van der Waals surface area (Å²) in [6.07, 6.45) is 3.18. The summed E-state index contributed by atoms with van der Waals surface area (Å²) in [5, 5.41) is 4.01. The van der Waals surface area contributed by atoms with Gasteiger partial charge in [0.05, 0.1) is 12.4 Å². The molecule has 5 nitrogen and oxygen atoms in total. The molecule has 1 amide bonds. The van der Waals surface area contributed by atoms with Crippen molar-refractivity contribution in [2.24, 2.45) is 0 Å². The van der Waals surface area contributed by atoms with Crippen LogP contribution >= 0.6 is 11.8 Å². The smallest absolute Gasteiger partial charge is 0.274 e. The highest BCUT2D eigenvalue weighted by atomic mass is 32.2. The molecule has 1 aromatic rings. The number of amides is 1. The zero-order valence-electron chi connectivity index (χ0n) is 11.6. The molecular weight excluding hydrogens is 260 g/mol. The van der Waals surface area contributed by atoms with Crippen molar-refractivity contribution in [3.63, 3.8) is 0 Å². The van der Waals surface area contributed by atoms with Crippen molar-refractivity contribution < 1.29 is 4.79 Å². The van der Waals surface area contributed by atoms with Crippen molar-refractivity contribution in [2.45, 2.75) is 31.3 Å². The molecule has 1 aliphatic heterocycles. The molecule has 0 aromatic carbocycles. The molecule has 0 aliphatic carbocycles. The molecule has 19 heavy (non-hydrogen) atoms. The van der Waals surface area contributed by atoms with E-state index in [1.54, 1.807) is 12.4 Å². The van der Waals surface area contributed by atoms with Crippen LogP contribution in [0.5, 0.6) is 0 Å². The van der Waals surface area contributed by atoms with Crippen molar-refractivity contribution in [3.8, 4) is 0 Å². The minimum Gasteiger partial charge on any atom is -0.369 e. The highest BCUT2D eigenvalue weighted by Crippen LogP contribution is 2.25. The lowest BCUT2D eigenvalue weighted by Gasteiger charge is -2.34. The quantitative estimate of drug-likeness (QED) is 0.916. The van der Waals surface area contributed by atoms with Gasteiger partial charge in [-0.05, 0) is 6.92 Å². The molecule has 0 saturated carbocycles. The van der Waals surface area contributed by atoms with Gasteiger partial charge in [0.2, 0.25) is 0 Å². The van der Waals surface area contributed by atoms with Gasteiger partial charge < -0.3 is 10.2 Å². The van der Waals surface area contributed by atoms with Gasteiger partial charge in [0.1, 0.15) is 11.5 Å². The topological polar surface area (TPSA) is 58.1 Å². The molecule has 0 radical (unpaired) electrons. The van der Waals surface area contributed by atoms with E-state index in [1.165, 1.54) is 0 Å². The standard InChI is InChI=1S/C13H20N4OS/c1-4-15-12-6-14-5-11(16-12)13(18)17-7-9(2)19-10(3)8-17/h5-6,9-10H,4,7-8H2,1-3H3,(H,15,16). The number of anilines is 1. The van der Waals surface area contributed by atoms with Crippen LogP contribution in [0.1, 0.15) is 31.3 Å². The summed E-state index contributed by atoms with van der Waals surface area (Å²) < 4.78 is 0. The van der Waals surface area contributed by atoms with Crippen molar-refractivity contribution in [2.75, 3.05) is 25.0 Å². The van der Waals surface area contributed by atoms with Gasteiger partial charge in [-0.25, -0.2) is 4.98 Å². The number of hydrogen-bond donors (Lipinski definition) is 1. The van der Waals surface area contributed by atoms with Gasteiger partial charge >= 0.3 is 0 Å². The zero-order chi connectivity index (χ0) is 13.8. The Morgan fingerprint density at radius 1 is 1.42 bits per heavy atom. The van der Waals surface area contributed by atoms with E-state index in [4.69, 9.17) is 0 Å². The molecular formula is C13H20N4OS. The maximum Gasteiger partial charge on any atom is 0.274 e. The fourth-order valence-corrected chi connectivity index (χ4v) is 3.57. The lowest BCUT2D eigenvalue weighted by molar-refractivity contribution is 0.0747. The van der Waals surface area contributed by atoms with Crippen LogP contribution in [0.15, 0.2) is 12.4 Å². The maximum absolute atomic E-state index is 12.4. The number of thioether (sulfide) groups is 1. The second kappa shape index (κ2) is 6.23. The van der Waals surface area contributed by atoms with Gasteiger partial charge in [0, 0.05) is 30.1 Å². The first-order chi connectivity index (χ1) is 9.10. The fraction of sp³-hybridized carbons (Fsp3) is 0.615. The average molecular weight is 280 g/mol. The molecule has 0 bridgehead atoms. The van der Waals surface area contributed by atoms with E-state index in [0.29, 0.717) is 22.0 Å². The molecule has 2 atom stereocenters. The van der Waals surface area contributed by atoms with Crippen LogP contribution in [-0.2, 0) is 0 Å². The summed E-state index contributed by atoms with van der Waals surface area (Å²) >= 11 is 1.93. The molecule has 2 heterocycles. The van der Waals surface area contributed by atoms with Crippen LogP contribution < -0.4 is 5.32 Å². The van der Waals surface area contributed by atoms with Crippen molar-refractivity contribution >= 4 is 23.5 Å². The molecule has 1 saturated heterocycles. The number of nitrogens with one attached hydrogen (secondary N) is 1. The summed E-state index contributed by atoms with van der Waals surface area (Å²) in [5.41, 5.74) is 0.421. The molecule has 104 valence electrons. The highest BCUT2D eigenvalue weighted by molar-refractivity contribution is 8.00. The Morgan fingerprint density at radius 3 is 2.74 bits per heavy atom. The van der Waals surface area contributed by atoms with E-state index < -0.39 is 0 Å². The predicted molar refractivity (Wildman–Crippen MR) is 78.6 cm³/mol. The first kappa shape index (κ1) is 14.1. The second-order valence-electron chi connectivity index (χ2n) is 4.79. The lowest BCUT2D eigenvalue weighted by Crippen LogP contribution is -2.44. The molecule has 0 spiro atoms. The van der Waals surface area contributed by atoms with E-state index in [9.17, 15) is 4.79 Å². The normalized spacial score (nSPS) is 23.2. The third-order valence-electron chi connectivity index (χ3n) is 2.92. The van der Waals surface area contributed by atoms with Gasteiger partial charge in [-0.15, -0.1) is 0 Å². The molecule has 2 unspecified atom stereocenters. The minimum atomic E-state index is -0.0220. The lowest BCUT2D eigenvalue weighted by atomic mass is 10.3. The molecule has 1 aromatic heterocycles. The molecule has 1 N–H and O–H groups in total. The molecule has 6 heteroatoms. The Bertz CT molecular complexity index is 444. The summed E-state index contributed by atoms with van der Waals surface area (Å²) in [6.45, 7) is 8.62. The monoisotopic (exact) mass is 280 g/mol. The number of rotatable bonds is 3. The van der Waals surface area contributed by atoms with Gasteiger partial charge in [0.15, 0.2) is 0 Å². The third kappa shape index (κ3) is 3.59. The first-order valence-corrected chi connectivity index (χ1v) is 7.55.